The first-order valence-corrected chi connectivity index (χ1v) is 9.53. The van der Waals surface area contributed by atoms with Crippen molar-refractivity contribution in [2.75, 3.05) is 7.11 Å². The predicted molar refractivity (Wildman–Crippen MR) is 109 cm³/mol. The summed E-state index contributed by atoms with van der Waals surface area (Å²) in [6, 6.07) is 19.5. The number of amides is 1. The molecule has 1 aromatic heterocycles. The normalized spacial score (nSPS) is 10.8. The number of aromatic nitrogens is 1. The van der Waals surface area contributed by atoms with Gasteiger partial charge in [0.1, 0.15) is 22.1 Å². The van der Waals surface area contributed by atoms with E-state index in [9.17, 15) is 9.18 Å². The van der Waals surface area contributed by atoms with Crippen LogP contribution >= 0.6 is 11.3 Å². The molecule has 1 heterocycles. The first-order valence-electron chi connectivity index (χ1n) is 8.71. The van der Waals surface area contributed by atoms with Gasteiger partial charge in [-0.2, -0.15) is 0 Å². The van der Waals surface area contributed by atoms with Crippen LogP contribution in [-0.4, -0.2) is 18.0 Å². The Bertz CT molecular complexity index is 1120. The summed E-state index contributed by atoms with van der Waals surface area (Å²) in [6.45, 7) is 0.285. The van der Waals surface area contributed by atoms with E-state index in [1.54, 1.807) is 7.11 Å². The molecule has 0 fully saturated rings. The van der Waals surface area contributed by atoms with E-state index in [1.165, 1.54) is 35.6 Å². The molecular formula is C22H17FN2O2S. The third-order valence-corrected chi connectivity index (χ3v) is 5.45. The number of nitrogens with zero attached hydrogens (tertiary/aromatic N) is 1. The van der Waals surface area contributed by atoms with Crippen LogP contribution in [-0.2, 0) is 6.54 Å². The molecule has 1 N–H and O–H groups in total. The van der Waals surface area contributed by atoms with Gasteiger partial charge < -0.3 is 10.1 Å². The number of fused-ring (bicyclic) bond motifs is 1. The number of hydrogen-bond donors (Lipinski definition) is 1. The van der Waals surface area contributed by atoms with Gasteiger partial charge in [-0.15, -0.1) is 11.3 Å². The molecule has 0 atom stereocenters. The number of carbonyl (C=O) groups excluding carboxylic acids is 1. The topological polar surface area (TPSA) is 51.2 Å². The quantitative estimate of drug-likeness (QED) is 0.518. The van der Waals surface area contributed by atoms with E-state index in [-0.39, 0.29) is 18.3 Å². The highest BCUT2D eigenvalue weighted by molar-refractivity contribution is 7.19. The van der Waals surface area contributed by atoms with Crippen LogP contribution in [0, 0.1) is 5.82 Å². The zero-order valence-corrected chi connectivity index (χ0v) is 15.9. The van der Waals surface area contributed by atoms with Crippen molar-refractivity contribution in [1.29, 1.82) is 0 Å². The molecule has 4 rings (SSSR count). The number of halogens is 1. The van der Waals surface area contributed by atoms with Crippen molar-refractivity contribution in [1.82, 2.24) is 10.3 Å². The van der Waals surface area contributed by atoms with Crippen molar-refractivity contribution >= 4 is 27.5 Å². The van der Waals surface area contributed by atoms with Crippen LogP contribution in [0.2, 0.25) is 0 Å². The molecule has 0 radical (unpaired) electrons. The summed E-state index contributed by atoms with van der Waals surface area (Å²) < 4.78 is 19.5. The number of benzene rings is 3. The lowest BCUT2D eigenvalue weighted by Gasteiger charge is -2.05. The highest BCUT2D eigenvalue weighted by atomic mass is 32.1. The molecule has 0 aliphatic carbocycles. The Morgan fingerprint density at radius 3 is 2.54 bits per heavy atom. The molecule has 0 saturated heterocycles. The van der Waals surface area contributed by atoms with Crippen molar-refractivity contribution in [3.8, 4) is 16.9 Å². The van der Waals surface area contributed by atoms with Gasteiger partial charge in [0, 0.05) is 11.1 Å². The molecule has 0 spiro atoms. The van der Waals surface area contributed by atoms with Gasteiger partial charge in [-0.3, -0.25) is 4.79 Å². The third-order valence-electron chi connectivity index (χ3n) is 4.36. The van der Waals surface area contributed by atoms with Gasteiger partial charge in [0.15, 0.2) is 0 Å². The Morgan fingerprint density at radius 2 is 1.82 bits per heavy atom. The largest absolute Gasteiger partial charge is 0.494 e. The minimum atomic E-state index is -0.372. The zero-order valence-electron chi connectivity index (χ0n) is 15.1. The molecule has 28 heavy (non-hydrogen) atoms. The van der Waals surface area contributed by atoms with E-state index in [0.717, 1.165) is 26.4 Å². The van der Waals surface area contributed by atoms with Gasteiger partial charge in [-0.1, -0.05) is 30.3 Å². The summed E-state index contributed by atoms with van der Waals surface area (Å²) in [6.07, 6.45) is 0. The predicted octanol–water partition coefficient (Wildman–Crippen LogP) is 5.04. The van der Waals surface area contributed by atoms with Crippen LogP contribution in [0.25, 0.3) is 21.3 Å². The van der Waals surface area contributed by atoms with Gasteiger partial charge in [0.2, 0.25) is 0 Å². The maximum absolute atomic E-state index is 13.0. The van der Waals surface area contributed by atoms with Crippen LogP contribution in [0.5, 0.6) is 5.75 Å². The fourth-order valence-corrected chi connectivity index (χ4v) is 4.03. The number of rotatable bonds is 5. The van der Waals surface area contributed by atoms with E-state index >= 15 is 0 Å². The lowest BCUT2D eigenvalue weighted by molar-refractivity contribution is 0.0951. The molecule has 0 unspecified atom stereocenters. The lowest BCUT2D eigenvalue weighted by atomic mass is 10.1. The number of carbonyl (C=O) groups is 1. The van der Waals surface area contributed by atoms with Crippen LogP contribution < -0.4 is 10.1 Å². The highest BCUT2D eigenvalue weighted by Crippen LogP contribution is 2.37. The molecule has 0 bridgehead atoms. The summed E-state index contributed by atoms with van der Waals surface area (Å²) in [5.41, 5.74) is 3.36. The van der Waals surface area contributed by atoms with Crippen molar-refractivity contribution in [3.05, 3.63) is 83.1 Å². The molecular weight excluding hydrogens is 375 g/mol. The smallest absolute Gasteiger partial charge is 0.251 e. The zero-order chi connectivity index (χ0) is 19.5. The molecule has 4 nitrogen and oxygen atoms in total. The second-order valence-electron chi connectivity index (χ2n) is 6.16. The van der Waals surface area contributed by atoms with Gasteiger partial charge in [-0.05, 0) is 42.0 Å². The van der Waals surface area contributed by atoms with Gasteiger partial charge >= 0.3 is 0 Å². The number of thiazole rings is 1. The molecule has 0 saturated carbocycles. The van der Waals surface area contributed by atoms with E-state index in [1.807, 2.05) is 30.3 Å². The average molecular weight is 392 g/mol. The second kappa shape index (κ2) is 7.78. The molecule has 0 aliphatic rings. The summed E-state index contributed by atoms with van der Waals surface area (Å²) in [4.78, 5) is 16.9. The number of nitrogens with one attached hydrogen (secondary N) is 1. The fraction of sp³-hybridized carbons (Fsp3) is 0.0909. The molecule has 6 heteroatoms. The van der Waals surface area contributed by atoms with Crippen LogP contribution in [0.3, 0.4) is 0 Å². The summed E-state index contributed by atoms with van der Waals surface area (Å²) in [5, 5.41) is 3.61. The van der Waals surface area contributed by atoms with Gasteiger partial charge in [0.05, 0.1) is 18.4 Å². The average Bonchev–Trinajstić information content (AvgIpc) is 3.16. The van der Waals surface area contributed by atoms with Crippen molar-refractivity contribution in [2.24, 2.45) is 0 Å². The lowest BCUT2D eigenvalue weighted by Crippen LogP contribution is -2.22. The van der Waals surface area contributed by atoms with E-state index in [2.05, 4.69) is 22.4 Å². The highest BCUT2D eigenvalue weighted by Gasteiger charge is 2.15. The Labute approximate surface area is 165 Å². The van der Waals surface area contributed by atoms with Crippen molar-refractivity contribution in [2.45, 2.75) is 6.54 Å². The standard InChI is InChI=1S/C22H17FN2O2S/c1-27-18-12-11-17(14-5-3-2-4-6-14)21-20(18)25-19(28-21)13-24-22(26)15-7-9-16(23)10-8-15/h2-12H,13H2,1H3,(H,24,26). The van der Waals surface area contributed by atoms with E-state index < -0.39 is 0 Å². The number of methoxy groups -OCH3 is 1. The first-order chi connectivity index (χ1) is 13.7. The van der Waals surface area contributed by atoms with Crippen LogP contribution in [0.4, 0.5) is 4.39 Å². The summed E-state index contributed by atoms with van der Waals surface area (Å²) in [5.74, 6) is 0.0554. The molecule has 3 aromatic carbocycles. The van der Waals surface area contributed by atoms with Gasteiger partial charge in [-0.25, -0.2) is 9.37 Å². The number of hydrogen-bond acceptors (Lipinski definition) is 4. The van der Waals surface area contributed by atoms with Crippen LogP contribution in [0.1, 0.15) is 15.4 Å². The fourth-order valence-electron chi connectivity index (χ4n) is 2.97. The molecule has 4 aromatic rings. The molecule has 140 valence electrons. The molecule has 1 amide bonds. The summed E-state index contributed by atoms with van der Waals surface area (Å²) >= 11 is 1.52. The Kier molecular flexibility index (Phi) is 5.04. The maximum atomic E-state index is 13.0. The van der Waals surface area contributed by atoms with Crippen molar-refractivity contribution < 1.29 is 13.9 Å². The minimum Gasteiger partial charge on any atom is -0.494 e. The second-order valence-corrected chi connectivity index (χ2v) is 7.24. The Balaban J connectivity index is 1.63. The monoisotopic (exact) mass is 392 g/mol. The molecule has 0 aliphatic heterocycles. The van der Waals surface area contributed by atoms with Crippen molar-refractivity contribution in [3.63, 3.8) is 0 Å². The number of ether oxygens (including phenoxy) is 1. The van der Waals surface area contributed by atoms with Crippen LogP contribution in [0.15, 0.2) is 66.7 Å². The summed E-state index contributed by atoms with van der Waals surface area (Å²) in [7, 11) is 1.62. The van der Waals surface area contributed by atoms with Gasteiger partial charge in [0.25, 0.3) is 5.91 Å². The SMILES string of the molecule is COc1ccc(-c2ccccc2)c2sc(CNC(=O)c3ccc(F)cc3)nc12. The first kappa shape index (κ1) is 18.1. The van der Waals surface area contributed by atoms with E-state index in [0.29, 0.717) is 11.3 Å². The third kappa shape index (κ3) is 3.59. The van der Waals surface area contributed by atoms with E-state index in [4.69, 9.17) is 4.74 Å². The Hall–Kier alpha value is -3.25. The maximum Gasteiger partial charge on any atom is 0.251 e. The minimum absolute atomic E-state index is 0.269. The Morgan fingerprint density at radius 1 is 1.07 bits per heavy atom.